The number of aliphatic hydroxyl groups is 1. The van der Waals surface area contributed by atoms with Gasteiger partial charge in [-0.1, -0.05) is 0 Å². The smallest absolute Gasteiger partial charge is 0.165 e. The number of fused-ring (bicyclic) bond motifs is 1. The predicted molar refractivity (Wildman–Crippen MR) is 98.4 cm³/mol. The number of piperidine rings is 1. The highest BCUT2D eigenvalue weighted by Crippen LogP contribution is 2.29. The Morgan fingerprint density at radius 1 is 1.18 bits per heavy atom. The fourth-order valence-electron chi connectivity index (χ4n) is 3.97. The second kappa shape index (κ2) is 7.80. The average Bonchev–Trinajstić information content (AvgIpc) is 3.18. The molecule has 2 N–H and O–H groups in total. The normalized spacial score (nSPS) is 19.1. The van der Waals surface area contributed by atoms with Crippen LogP contribution in [0.15, 0.2) is 30.0 Å². The zero-order chi connectivity index (χ0) is 19.7. The van der Waals surface area contributed by atoms with Crippen LogP contribution in [0.5, 0.6) is 0 Å². The molecule has 1 saturated heterocycles. The first kappa shape index (κ1) is 18.7. The molecule has 4 rings (SSSR count). The Bertz CT molecular complexity index is 938. The number of benzene rings is 1. The molecule has 1 aromatic carbocycles. The Hall–Kier alpha value is -2.60. The molecule has 0 unspecified atom stereocenters. The van der Waals surface area contributed by atoms with Crippen LogP contribution in [0, 0.1) is 23.0 Å². The highest BCUT2D eigenvalue weighted by Gasteiger charge is 2.30. The van der Waals surface area contributed by atoms with Gasteiger partial charge in [-0.15, -0.1) is 0 Å². The Labute approximate surface area is 161 Å². The van der Waals surface area contributed by atoms with Crippen LogP contribution in [0.4, 0.5) is 8.78 Å². The lowest BCUT2D eigenvalue weighted by atomic mass is 9.93. The zero-order valence-corrected chi connectivity index (χ0v) is 15.3. The van der Waals surface area contributed by atoms with E-state index < -0.39 is 18.0 Å². The summed E-state index contributed by atoms with van der Waals surface area (Å²) in [6.45, 7) is 2.51. The van der Waals surface area contributed by atoms with E-state index in [-0.39, 0.29) is 11.1 Å². The fourth-order valence-corrected chi connectivity index (χ4v) is 3.97. The molecule has 0 spiro atoms. The summed E-state index contributed by atoms with van der Waals surface area (Å²) in [5, 5.41) is 27.3. The molecule has 1 atom stereocenters. The molecule has 8 heteroatoms. The minimum Gasteiger partial charge on any atom is -0.365 e. The second-order valence-electron chi connectivity index (χ2n) is 7.19. The second-order valence-corrected chi connectivity index (χ2v) is 7.19. The van der Waals surface area contributed by atoms with Crippen molar-refractivity contribution in [3.63, 3.8) is 0 Å². The van der Waals surface area contributed by atoms with Gasteiger partial charge in [0.15, 0.2) is 6.35 Å². The van der Waals surface area contributed by atoms with Crippen molar-refractivity contribution in [2.24, 2.45) is 0 Å². The number of hydrogen-bond donors (Lipinski definition) is 2. The van der Waals surface area contributed by atoms with Gasteiger partial charge in [-0.3, -0.25) is 14.9 Å². The number of halogens is 2. The topological polar surface area (TPSA) is 79.2 Å². The number of allylic oxidation sites excluding steroid dienone is 1. The molecule has 0 aliphatic carbocycles. The maximum absolute atomic E-state index is 14.1. The molecule has 28 heavy (non-hydrogen) atoms. The summed E-state index contributed by atoms with van der Waals surface area (Å²) in [5.41, 5.74) is 3.46. The van der Waals surface area contributed by atoms with E-state index in [0.717, 1.165) is 41.9 Å². The third-order valence-corrected chi connectivity index (χ3v) is 5.55. The van der Waals surface area contributed by atoms with E-state index in [0.29, 0.717) is 32.5 Å². The highest BCUT2D eigenvalue weighted by molar-refractivity contribution is 5.79. The lowest BCUT2D eigenvalue weighted by Crippen LogP contribution is -2.51. The molecular weight excluding hydrogens is 364 g/mol. The number of nitrogens with one attached hydrogen (secondary N) is 1. The van der Waals surface area contributed by atoms with E-state index >= 15 is 0 Å². The molecular formula is C20H21F2N5O. The van der Waals surface area contributed by atoms with Crippen molar-refractivity contribution in [3.8, 4) is 6.07 Å². The van der Waals surface area contributed by atoms with Gasteiger partial charge in [0.25, 0.3) is 0 Å². The van der Waals surface area contributed by atoms with Crippen LogP contribution in [-0.4, -0.2) is 51.1 Å². The molecule has 6 nitrogen and oxygen atoms in total. The van der Waals surface area contributed by atoms with E-state index in [1.807, 2.05) is 9.80 Å². The lowest BCUT2D eigenvalue weighted by molar-refractivity contribution is -0.121. The van der Waals surface area contributed by atoms with Gasteiger partial charge in [-0.25, -0.2) is 8.78 Å². The summed E-state index contributed by atoms with van der Waals surface area (Å²) in [7, 11) is 0. The van der Waals surface area contributed by atoms with Crippen LogP contribution in [0.1, 0.15) is 29.7 Å². The van der Waals surface area contributed by atoms with Crippen LogP contribution in [-0.2, 0) is 13.0 Å². The van der Waals surface area contributed by atoms with Crippen molar-refractivity contribution in [2.45, 2.75) is 32.2 Å². The number of nitrogens with zero attached hydrogens (tertiary/aromatic N) is 4. The van der Waals surface area contributed by atoms with Gasteiger partial charge >= 0.3 is 0 Å². The SMILES string of the molecule is N#CC(=C1CCN([C@@H](O)N2CCc3[nH]ncc3C2)CC1)c1ccc(F)cc1F. The highest BCUT2D eigenvalue weighted by atomic mass is 19.1. The van der Waals surface area contributed by atoms with Crippen LogP contribution >= 0.6 is 0 Å². The van der Waals surface area contributed by atoms with Crippen LogP contribution in [0.2, 0.25) is 0 Å². The van der Waals surface area contributed by atoms with E-state index in [2.05, 4.69) is 16.3 Å². The van der Waals surface area contributed by atoms with Gasteiger partial charge in [-0.05, 0) is 30.5 Å². The van der Waals surface area contributed by atoms with Crippen LogP contribution in [0.3, 0.4) is 0 Å². The van der Waals surface area contributed by atoms with E-state index in [1.165, 1.54) is 6.07 Å². The molecule has 0 saturated carbocycles. The number of aliphatic hydroxyl groups excluding tert-OH is 1. The Morgan fingerprint density at radius 3 is 2.64 bits per heavy atom. The molecule has 0 radical (unpaired) electrons. The Kier molecular flexibility index (Phi) is 5.22. The minimum atomic E-state index is -0.726. The van der Waals surface area contributed by atoms with Gasteiger partial charge < -0.3 is 5.11 Å². The molecule has 3 heterocycles. The first-order chi connectivity index (χ1) is 13.6. The van der Waals surface area contributed by atoms with Crippen LogP contribution < -0.4 is 0 Å². The predicted octanol–water partition coefficient (Wildman–Crippen LogP) is 2.40. The van der Waals surface area contributed by atoms with E-state index in [1.54, 1.807) is 6.20 Å². The van der Waals surface area contributed by atoms with Crippen molar-refractivity contribution in [1.29, 1.82) is 5.26 Å². The quantitative estimate of drug-likeness (QED) is 0.794. The summed E-state index contributed by atoms with van der Waals surface area (Å²) in [5.74, 6) is -1.39. The van der Waals surface area contributed by atoms with Gasteiger partial charge in [0, 0.05) is 55.5 Å². The molecule has 1 aromatic heterocycles. The first-order valence-corrected chi connectivity index (χ1v) is 9.31. The third-order valence-electron chi connectivity index (χ3n) is 5.55. The summed E-state index contributed by atoms with van der Waals surface area (Å²) in [4.78, 5) is 3.96. The standard InChI is InChI=1S/C20H21F2N5O/c21-15-1-2-16(18(22)9-15)17(10-23)13-3-6-26(7-4-13)20(28)27-8-5-19-14(12-27)11-24-25-19/h1-2,9,11,20,28H,3-8,12H2,(H,24,25)/t20-/m1/s1. The van der Waals surface area contributed by atoms with Gasteiger partial charge in [-0.2, -0.15) is 10.4 Å². The minimum absolute atomic E-state index is 0.136. The van der Waals surface area contributed by atoms with Crippen molar-refractivity contribution >= 4 is 5.57 Å². The number of rotatable bonds is 3. The van der Waals surface area contributed by atoms with Crippen molar-refractivity contribution in [1.82, 2.24) is 20.0 Å². The summed E-state index contributed by atoms with van der Waals surface area (Å²) in [6.07, 6.45) is 3.01. The largest absolute Gasteiger partial charge is 0.365 e. The number of likely N-dealkylation sites (tertiary alicyclic amines) is 1. The molecule has 146 valence electrons. The molecule has 2 aliphatic heterocycles. The van der Waals surface area contributed by atoms with Crippen molar-refractivity contribution in [3.05, 3.63) is 58.4 Å². The molecule has 2 aromatic rings. The Morgan fingerprint density at radius 2 is 1.93 bits per heavy atom. The first-order valence-electron chi connectivity index (χ1n) is 9.31. The number of aromatic nitrogens is 2. The van der Waals surface area contributed by atoms with Gasteiger partial charge in [0.1, 0.15) is 11.6 Å². The van der Waals surface area contributed by atoms with Crippen molar-refractivity contribution < 1.29 is 13.9 Å². The fraction of sp³-hybridized carbons (Fsp3) is 0.400. The van der Waals surface area contributed by atoms with Crippen molar-refractivity contribution in [2.75, 3.05) is 19.6 Å². The van der Waals surface area contributed by atoms with E-state index in [9.17, 15) is 19.1 Å². The number of H-pyrrole nitrogens is 1. The molecule has 0 amide bonds. The van der Waals surface area contributed by atoms with Gasteiger partial charge in [0.2, 0.25) is 0 Å². The number of nitriles is 1. The summed E-state index contributed by atoms with van der Waals surface area (Å²) in [6, 6.07) is 5.35. The average molecular weight is 385 g/mol. The van der Waals surface area contributed by atoms with E-state index in [4.69, 9.17) is 0 Å². The number of hydrogen-bond acceptors (Lipinski definition) is 5. The molecule has 2 aliphatic rings. The zero-order valence-electron chi connectivity index (χ0n) is 15.3. The molecule has 1 fully saturated rings. The third kappa shape index (κ3) is 3.56. The summed E-state index contributed by atoms with van der Waals surface area (Å²) < 4.78 is 27.3. The monoisotopic (exact) mass is 385 g/mol. The van der Waals surface area contributed by atoms with Gasteiger partial charge in [0.05, 0.1) is 17.8 Å². The number of aromatic amines is 1. The van der Waals surface area contributed by atoms with Crippen LogP contribution in [0.25, 0.3) is 5.57 Å². The maximum Gasteiger partial charge on any atom is 0.165 e. The summed E-state index contributed by atoms with van der Waals surface area (Å²) >= 11 is 0. The molecule has 0 bridgehead atoms. The maximum atomic E-state index is 14.1. The Balaban J connectivity index is 1.45. The lowest BCUT2D eigenvalue weighted by Gasteiger charge is -2.40.